The van der Waals surface area contributed by atoms with Crippen LogP contribution in [-0.4, -0.2) is 41.7 Å². The van der Waals surface area contributed by atoms with Gasteiger partial charge in [-0.1, -0.05) is 11.8 Å². The van der Waals surface area contributed by atoms with Crippen LogP contribution in [-0.2, 0) is 25.5 Å². The molecule has 2 heterocycles. The maximum atomic E-state index is 12.2. The van der Waals surface area contributed by atoms with Crippen molar-refractivity contribution < 1.29 is 19.1 Å². The van der Waals surface area contributed by atoms with Gasteiger partial charge in [-0.15, -0.1) is 11.3 Å². The van der Waals surface area contributed by atoms with Crippen LogP contribution in [0.4, 0.5) is 11.4 Å². The monoisotopic (exact) mass is 419 g/mol. The molecular weight excluding hydrogens is 398 g/mol. The van der Waals surface area contributed by atoms with E-state index in [1.165, 1.54) is 23.1 Å². The predicted molar refractivity (Wildman–Crippen MR) is 110 cm³/mol. The highest BCUT2D eigenvalue weighted by Crippen LogP contribution is 2.25. The molecular formula is C19H21N3O4S2. The lowest BCUT2D eigenvalue weighted by molar-refractivity contribution is -0.142. The Labute approximate surface area is 171 Å². The summed E-state index contributed by atoms with van der Waals surface area (Å²) in [5.41, 5.74) is 2.19. The van der Waals surface area contributed by atoms with E-state index in [1.807, 2.05) is 12.1 Å². The third-order valence-electron chi connectivity index (χ3n) is 4.02. The second kappa shape index (κ2) is 9.70. The number of benzene rings is 1. The van der Waals surface area contributed by atoms with Gasteiger partial charge in [0.15, 0.2) is 4.34 Å². The van der Waals surface area contributed by atoms with E-state index in [4.69, 9.17) is 4.74 Å². The predicted octanol–water partition coefficient (Wildman–Crippen LogP) is 3.11. The molecule has 3 rings (SSSR count). The summed E-state index contributed by atoms with van der Waals surface area (Å²) < 4.78 is 5.63. The number of esters is 1. The molecule has 1 aromatic carbocycles. The largest absolute Gasteiger partial charge is 0.466 e. The Kier molecular flexibility index (Phi) is 7.05. The molecule has 1 fully saturated rings. The van der Waals surface area contributed by atoms with Crippen LogP contribution in [0.25, 0.3) is 0 Å². The first-order chi connectivity index (χ1) is 13.5. The molecule has 0 spiro atoms. The first-order valence-electron chi connectivity index (χ1n) is 8.98. The van der Waals surface area contributed by atoms with Gasteiger partial charge in [-0.3, -0.25) is 14.4 Å². The lowest BCUT2D eigenvalue weighted by Gasteiger charge is -2.16. The SMILES string of the molecule is CCOC(=O)Cc1csc(SCC(=O)Nc2ccc(N3CCCC3=O)cc2)n1. The number of thioether (sulfide) groups is 1. The van der Waals surface area contributed by atoms with Crippen molar-refractivity contribution in [1.82, 2.24) is 4.98 Å². The average Bonchev–Trinajstić information content (AvgIpc) is 3.30. The average molecular weight is 420 g/mol. The maximum absolute atomic E-state index is 12.2. The number of anilines is 2. The molecule has 0 saturated carbocycles. The first kappa shape index (κ1) is 20.3. The number of nitrogens with zero attached hydrogens (tertiary/aromatic N) is 2. The molecule has 1 aliphatic heterocycles. The number of thiazole rings is 1. The molecule has 1 aromatic heterocycles. The first-order valence-corrected chi connectivity index (χ1v) is 10.8. The Bertz CT molecular complexity index is 851. The van der Waals surface area contributed by atoms with E-state index >= 15 is 0 Å². The highest BCUT2D eigenvalue weighted by Gasteiger charge is 2.21. The zero-order valence-corrected chi connectivity index (χ0v) is 17.1. The van der Waals surface area contributed by atoms with Crippen LogP contribution in [0.5, 0.6) is 0 Å². The van der Waals surface area contributed by atoms with Crippen molar-refractivity contribution in [1.29, 1.82) is 0 Å². The van der Waals surface area contributed by atoms with Gasteiger partial charge in [-0.05, 0) is 37.6 Å². The van der Waals surface area contributed by atoms with Gasteiger partial charge in [-0.25, -0.2) is 4.98 Å². The van der Waals surface area contributed by atoms with E-state index in [9.17, 15) is 14.4 Å². The van der Waals surface area contributed by atoms with E-state index < -0.39 is 0 Å². The van der Waals surface area contributed by atoms with Gasteiger partial charge in [0, 0.05) is 29.7 Å². The van der Waals surface area contributed by atoms with E-state index in [1.54, 1.807) is 29.3 Å². The summed E-state index contributed by atoms with van der Waals surface area (Å²) in [4.78, 5) is 41.5. The Balaban J connectivity index is 1.46. The fourth-order valence-corrected chi connectivity index (χ4v) is 4.41. The van der Waals surface area contributed by atoms with Gasteiger partial charge >= 0.3 is 5.97 Å². The molecule has 9 heteroatoms. The molecule has 1 N–H and O–H groups in total. The molecule has 2 aromatic rings. The number of rotatable bonds is 8. The smallest absolute Gasteiger partial charge is 0.311 e. The van der Waals surface area contributed by atoms with Crippen LogP contribution in [0.2, 0.25) is 0 Å². The molecule has 0 radical (unpaired) electrons. The quantitative estimate of drug-likeness (QED) is 0.522. The van der Waals surface area contributed by atoms with Gasteiger partial charge in [0.2, 0.25) is 11.8 Å². The normalized spacial score (nSPS) is 13.6. The van der Waals surface area contributed by atoms with Gasteiger partial charge < -0.3 is 15.0 Å². The van der Waals surface area contributed by atoms with Gasteiger partial charge in [0.05, 0.1) is 24.5 Å². The summed E-state index contributed by atoms with van der Waals surface area (Å²) >= 11 is 2.72. The van der Waals surface area contributed by atoms with Gasteiger partial charge in [0.25, 0.3) is 0 Å². The third kappa shape index (κ3) is 5.56. The third-order valence-corrected chi connectivity index (χ3v) is 6.09. The summed E-state index contributed by atoms with van der Waals surface area (Å²) in [5.74, 6) is -0.0871. The Morgan fingerprint density at radius 3 is 2.79 bits per heavy atom. The molecule has 28 heavy (non-hydrogen) atoms. The maximum Gasteiger partial charge on any atom is 0.311 e. The van der Waals surface area contributed by atoms with E-state index in [0.717, 1.165) is 23.0 Å². The van der Waals surface area contributed by atoms with Crippen molar-refractivity contribution in [2.75, 3.05) is 29.1 Å². The Hall–Kier alpha value is -2.39. The Morgan fingerprint density at radius 2 is 2.11 bits per heavy atom. The Morgan fingerprint density at radius 1 is 1.32 bits per heavy atom. The molecule has 0 aliphatic carbocycles. The fraction of sp³-hybridized carbons (Fsp3) is 0.368. The molecule has 0 bridgehead atoms. The summed E-state index contributed by atoms with van der Waals surface area (Å²) in [6.07, 6.45) is 1.61. The van der Waals surface area contributed by atoms with Crippen molar-refractivity contribution in [2.24, 2.45) is 0 Å². The van der Waals surface area contributed by atoms with Crippen LogP contribution in [0.1, 0.15) is 25.5 Å². The number of aromatic nitrogens is 1. The summed E-state index contributed by atoms with van der Waals surface area (Å²) in [7, 11) is 0. The van der Waals surface area contributed by atoms with Crippen LogP contribution in [0.3, 0.4) is 0 Å². The zero-order chi connectivity index (χ0) is 19.9. The van der Waals surface area contributed by atoms with E-state index in [-0.39, 0.29) is 30.0 Å². The molecule has 0 atom stereocenters. The van der Waals surface area contributed by atoms with Crippen LogP contribution in [0.15, 0.2) is 34.0 Å². The topological polar surface area (TPSA) is 88.6 Å². The molecule has 148 valence electrons. The van der Waals surface area contributed by atoms with Gasteiger partial charge in [0.1, 0.15) is 0 Å². The number of carbonyl (C=O) groups is 3. The zero-order valence-electron chi connectivity index (χ0n) is 15.5. The highest BCUT2D eigenvalue weighted by molar-refractivity contribution is 8.01. The standard InChI is InChI=1S/C19H21N3O4S2/c1-2-26-18(25)10-14-11-27-19(21-14)28-12-16(23)20-13-5-7-15(8-6-13)22-9-3-4-17(22)24/h5-8,11H,2-4,9-10,12H2,1H3,(H,20,23). The van der Waals surface area contributed by atoms with Crippen molar-refractivity contribution in [3.63, 3.8) is 0 Å². The molecule has 1 saturated heterocycles. The molecule has 2 amide bonds. The lowest BCUT2D eigenvalue weighted by Crippen LogP contribution is -2.23. The van der Waals surface area contributed by atoms with Crippen molar-refractivity contribution in [2.45, 2.75) is 30.5 Å². The van der Waals surface area contributed by atoms with Crippen LogP contribution < -0.4 is 10.2 Å². The molecule has 0 unspecified atom stereocenters. The number of ether oxygens (including phenoxy) is 1. The summed E-state index contributed by atoms with van der Waals surface area (Å²) in [6.45, 7) is 2.85. The van der Waals surface area contributed by atoms with Crippen molar-refractivity contribution in [3.8, 4) is 0 Å². The van der Waals surface area contributed by atoms with Crippen molar-refractivity contribution >= 4 is 52.3 Å². The lowest BCUT2D eigenvalue weighted by atomic mass is 10.2. The summed E-state index contributed by atoms with van der Waals surface area (Å²) in [5, 5.41) is 4.64. The fourth-order valence-electron chi connectivity index (χ4n) is 2.77. The van der Waals surface area contributed by atoms with Crippen LogP contribution >= 0.6 is 23.1 Å². The minimum atomic E-state index is -0.304. The number of amides is 2. The number of hydrogen-bond acceptors (Lipinski definition) is 7. The van der Waals surface area contributed by atoms with Crippen LogP contribution in [0, 0.1) is 0 Å². The van der Waals surface area contributed by atoms with Gasteiger partial charge in [-0.2, -0.15) is 0 Å². The second-order valence-corrected chi connectivity index (χ2v) is 8.20. The van der Waals surface area contributed by atoms with E-state index in [2.05, 4.69) is 10.3 Å². The number of nitrogens with one attached hydrogen (secondary N) is 1. The molecule has 1 aliphatic rings. The highest BCUT2D eigenvalue weighted by atomic mass is 32.2. The van der Waals surface area contributed by atoms with Crippen molar-refractivity contribution in [3.05, 3.63) is 35.3 Å². The number of hydrogen-bond donors (Lipinski definition) is 1. The van der Waals surface area contributed by atoms with E-state index in [0.29, 0.717) is 24.4 Å². The minimum absolute atomic E-state index is 0.138. The number of carbonyl (C=O) groups excluding carboxylic acids is 3. The summed E-state index contributed by atoms with van der Waals surface area (Å²) in [6, 6.07) is 7.28. The minimum Gasteiger partial charge on any atom is -0.466 e. The second-order valence-electron chi connectivity index (χ2n) is 6.12. The molecule has 7 nitrogen and oxygen atoms in total.